The topological polar surface area (TPSA) is 62.8 Å². The zero-order chi connectivity index (χ0) is 13.1. The molecule has 0 aliphatic heterocycles. The van der Waals surface area contributed by atoms with E-state index in [4.69, 9.17) is 11.1 Å². The Hall–Kier alpha value is -1.24. The molecule has 7 heteroatoms. The molecule has 1 heterocycles. The third-order valence-corrected chi connectivity index (χ3v) is 3.40. The second-order valence-electron chi connectivity index (χ2n) is 3.35. The zero-order valence-corrected chi connectivity index (χ0v) is 9.90. The molecule has 0 fully saturated rings. The van der Waals surface area contributed by atoms with Gasteiger partial charge in [-0.05, 0) is 18.6 Å². The van der Waals surface area contributed by atoms with Gasteiger partial charge in [-0.2, -0.15) is 13.2 Å². The van der Waals surface area contributed by atoms with Crippen molar-refractivity contribution in [3.8, 4) is 0 Å². The van der Waals surface area contributed by atoms with Crippen molar-refractivity contribution in [2.24, 2.45) is 5.73 Å². The Morgan fingerprint density at radius 2 is 2.18 bits per heavy atom. The molecule has 0 aliphatic carbocycles. The highest BCUT2D eigenvalue weighted by molar-refractivity contribution is 8.00. The minimum atomic E-state index is -4.37. The van der Waals surface area contributed by atoms with Crippen molar-refractivity contribution in [1.29, 1.82) is 5.41 Å². The van der Waals surface area contributed by atoms with Crippen LogP contribution in [0.2, 0.25) is 0 Å². The van der Waals surface area contributed by atoms with E-state index >= 15 is 0 Å². The number of pyridine rings is 1. The normalized spacial score (nSPS) is 13.4. The van der Waals surface area contributed by atoms with Gasteiger partial charge in [0.25, 0.3) is 0 Å². The Morgan fingerprint density at radius 1 is 1.53 bits per heavy atom. The lowest BCUT2D eigenvalue weighted by atomic mass is 10.3. The number of thioether (sulfide) groups is 1. The molecule has 1 aromatic rings. The second kappa shape index (κ2) is 5.39. The standard InChI is InChI=1S/C10H12F3N3S/c1-2-7(9(14)15)17-8-4-3-6(5-16-8)10(11,12)13/h3-5,7H,2H2,1H3,(H3,14,15). The Kier molecular flexibility index (Phi) is 4.39. The summed E-state index contributed by atoms with van der Waals surface area (Å²) in [5.74, 6) is -0.000743. The summed E-state index contributed by atoms with van der Waals surface area (Å²) < 4.78 is 36.8. The Bertz CT molecular complexity index is 389. The summed E-state index contributed by atoms with van der Waals surface area (Å²) in [6, 6.07) is 2.27. The number of amidine groups is 1. The first kappa shape index (κ1) is 13.8. The van der Waals surface area contributed by atoms with Crippen LogP contribution in [-0.2, 0) is 6.18 Å². The molecule has 0 bridgehead atoms. The molecule has 0 saturated heterocycles. The van der Waals surface area contributed by atoms with Gasteiger partial charge in [0.05, 0.1) is 15.8 Å². The molecule has 0 radical (unpaired) electrons. The smallest absolute Gasteiger partial charge is 0.387 e. The van der Waals surface area contributed by atoms with Crippen LogP contribution >= 0.6 is 11.8 Å². The van der Waals surface area contributed by atoms with Crippen LogP contribution in [0.4, 0.5) is 13.2 Å². The van der Waals surface area contributed by atoms with Gasteiger partial charge in [0.1, 0.15) is 5.84 Å². The minimum absolute atomic E-state index is 0.000743. The summed E-state index contributed by atoms with van der Waals surface area (Å²) in [6.07, 6.45) is -2.96. The fourth-order valence-electron chi connectivity index (χ4n) is 1.13. The third-order valence-electron chi connectivity index (χ3n) is 2.04. The van der Waals surface area contributed by atoms with E-state index in [2.05, 4.69) is 4.98 Å². The van der Waals surface area contributed by atoms with E-state index in [1.807, 2.05) is 6.92 Å². The molecule has 94 valence electrons. The van der Waals surface area contributed by atoms with Gasteiger partial charge in [-0.15, -0.1) is 0 Å². The number of nitrogens with one attached hydrogen (secondary N) is 1. The summed E-state index contributed by atoms with van der Waals surface area (Å²) in [5, 5.41) is 7.47. The average Bonchev–Trinajstić information content (AvgIpc) is 2.25. The maximum atomic E-state index is 12.3. The Morgan fingerprint density at radius 3 is 2.53 bits per heavy atom. The van der Waals surface area contributed by atoms with Gasteiger partial charge in [0.2, 0.25) is 0 Å². The molecule has 0 aliphatic rings. The summed E-state index contributed by atoms with van der Waals surface area (Å²) in [4.78, 5) is 3.71. The number of aromatic nitrogens is 1. The molecule has 1 aromatic heterocycles. The SMILES string of the molecule is CCC(Sc1ccc(C(F)(F)F)cn1)C(=N)N. The van der Waals surface area contributed by atoms with Crippen molar-refractivity contribution in [2.75, 3.05) is 0 Å². The molecule has 1 unspecified atom stereocenters. The summed E-state index contributed by atoms with van der Waals surface area (Å²) in [7, 11) is 0. The molecule has 0 saturated carbocycles. The second-order valence-corrected chi connectivity index (χ2v) is 4.58. The van der Waals surface area contributed by atoms with Crippen molar-refractivity contribution in [3.63, 3.8) is 0 Å². The van der Waals surface area contributed by atoms with Crippen molar-refractivity contribution < 1.29 is 13.2 Å². The van der Waals surface area contributed by atoms with Crippen LogP contribution in [0.3, 0.4) is 0 Å². The van der Waals surface area contributed by atoms with Gasteiger partial charge in [0.15, 0.2) is 0 Å². The van der Waals surface area contributed by atoms with Gasteiger partial charge < -0.3 is 5.73 Å². The lowest BCUT2D eigenvalue weighted by Gasteiger charge is -2.12. The van der Waals surface area contributed by atoms with Gasteiger partial charge in [-0.3, -0.25) is 5.41 Å². The number of nitrogens with zero attached hydrogens (tertiary/aromatic N) is 1. The van der Waals surface area contributed by atoms with Crippen LogP contribution in [0.1, 0.15) is 18.9 Å². The molecule has 3 N–H and O–H groups in total. The van der Waals surface area contributed by atoms with Gasteiger partial charge in [-0.25, -0.2) is 4.98 Å². The summed E-state index contributed by atoms with van der Waals surface area (Å²) in [5.41, 5.74) is 4.57. The maximum Gasteiger partial charge on any atom is 0.417 e. The largest absolute Gasteiger partial charge is 0.417 e. The third kappa shape index (κ3) is 3.92. The highest BCUT2D eigenvalue weighted by Gasteiger charge is 2.30. The molecule has 1 rings (SSSR count). The van der Waals surface area contributed by atoms with Crippen LogP contribution in [0.15, 0.2) is 23.4 Å². The first-order valence-corrected chi connectivity index (χ1v) is 5.76. The summed E-state index contributed by atoms with van der Waals surface area (Å²) in [6.45, 7) is 1.85. The maximum absolute atomic E-state index is 12.3. The number of rotatable bonds is 4. The average molecular weight is 263 g/mol. The molecule has 3 nitrogen and oxygen atoms in total. The Balaban J connectivity index is 2.78. The van der Waals surface area contributed by atoms with E-state index in [1.54, 1.807) is 0 Å². The lowest BCUT2D eigenvalue weighted by molar-refractivity contribution is -0.137. The summed E-state index contributed by atoms with van der Waals surface area (Å²) >= 11 is 1.19. The van der Waals surface area contributed by atoms with E-state index in [-0.39, 0.29) is 11.1 Å². The van der Waals surface area contributed by atoms with Gasteiger partial charge in [0, 0.05) is 6.20 Å². The quantitative estimate of drug-likeness (QED) is 0.499. The number of alkyl halides is 3. The highest BCUT2D eigenvalue weighted by Crippen LogP contribution is 2.30. The van der Waals surface area contributed by atoms with Crippen LogP contribution in [0, 0.1) is 5.41 Å². The molecule has 1 atom stereocenters. The van der Waals surface area contributed by atoms with E-state index in [1.165, 1.54) is 17.8 Å². The van der Waals surface area contributed by atoms with Crippen molar-refractivity contribution in [1.82, 2.24) is 4.98 Å². The molecule has 0 spiro atoms. The molecular weight excluding hydrogens is 251 g/mol. The van der Waals surface area contributed by atoms with E-state index < -0.39 is 11.7 Å². The molecule has 0 amide bonds. The fraction of sp³-hybridized carbons (Fsp3) is 0.400. The molecule has 0 aromatic carbocycles. The van der Waals surface area contributed by atoms with E-state index in [0.717, 1.165) is 12.3 Å². The van der Waals surface area contributed by atoms with E-state index in [0.29, 0.717) is 11.4 Å². The van der Waals surface area contributed by atoms with Crippen molar-refractivity contribution >= 4 is 17.6 Å². The zero-order valence-electron chi connectivity index (χ0n) is 9.08. The van der Waals surface area contributed by atoms with Crippen LogP contribution < -0.4 is 5.73 Å². The van der Waals surface area contributed by atoms with Crippen molar-refractivity contribution in [3.05, 3.63) is 23.9 Å². The number of nitrogens with two attached hydrogens (primary N) is 1. The predicted octanol–water partition coefficient (Wildman–Crippen LogP) is 2.91. The van der Waals surface area contributed by atoms with Crippen LogP contribution in [0.25, 0.3) is 0 Å². The predicted molar refractivity (Wildman–Crippen MR) is 61.1 cm³/mol. The van der Waals surface area contributed by atoms with Crippen LogP contribution in [0.5, 0.6) is 0 Å². The Labute approximate surface area is 101 Å². The fourth-order valence-corrected chi connectivity index (χ4v) is 1.98. The minimum Gasteiger partial charge on any atom is -0.387 e. The number of halogens is 3. The first-order chi connectivity index (χ1) is 7.84. The highest BCUT2D eigenvalue weighted by atomic mass is 32.2. The van der Waals surface area contributed by atoms with Crippen molar-refractivity contribution in [2.45, 2.75) is 29.8 Å². The van der Waals surface area contributed by atoms with Gasteiger partial charge >= 0.3 is 6.18 Å². The van der Waals surface area contributed by atoms with Crippen LogP contribution in [-0.4, -0.2) is 16.1 Å². The van der Waals surface area contributed by atoms with Gasteiger partial charge in [-0.1, -0.05) is 18.7 Å². The molecular formula is C10H12F3N3S. The first-order valence-electron chi connectivity index (χ1n) is 4.88. The molecule has 17 heavy (non-hydrogen) atoms. The lowest BCUT2D eigenvalue weighted by Crippen LogP contribution is -2.24. The van der Waals surface area contributed by atoms with E-state index in [9.17, 15) is 13.2 Å². The monoisotopic (exact) mass is 263 g/mol. The number of hydrogen-bond acceptors (Lipinski definition) is 3. The number of hydrogen-bond donors (Lipinski definition) is 2.